The van der Waals surface area contributed by atoms with Gasteiger partial charge in [0.1, 0.15) is 0 Å². The predicted octanol–water partition coefficient (Wildman–Crippen LogP) is 0.311. The van der Waals surface area contributed by atoms with Crippen molar-refractivity contribution < 1.29 is 15.0 Å². The van der Waals surface area contributed by atoms with Crippen LogP contribution < -0.4 is 0 Å². The molecule has 1 aromatic rings. The van der Waals surface area contributed by atoms with Crippen molar-refractivity contribution in [2.75, 3.05) is 6.61 Å². The predicted molar refractivity (Wildman–Crippen MR) is 55.1 cm³/mol. The van der Waals surface area contributed by atoms with E-state index in [0.29, 0.717) is 18.7 Å². The molecule has 1 aliphatic carbocycles. The zero-order chi connectivity index (χ0) is 11.8. The van der Waals surface area contributed by atoms with Gasteiger partial charge in [0.2, 0.25) is 0 Å². The van der Waals surface area contributed by atoms with E-state index in [2.05, 4.69) is 10.3 Å². The Hall–Kier alpha value is -1.43. The van der Waals surface area contributed by atoms with Crippen molar-refractivity contribution in [3.63, 3.8) is 0 Å². The highest BCUT2D eigenvalue weighted by Gasteiger charge is 2.43. The van der Waals surface area contributed by atoms with Gasteiger partial charge < -0.3 is 10.2 Å². The summed E-state index contributed by atoms with van der Waals surface area (Å²) in [6.07, 6.45) is 2.51. The van der Waals surface area contributed by atoms with Gasteiger partial charge in [-0.1, -0.05) is 12.1 Å². The van der Waals surface area contributed by atoms with Gasteiger partial charge in [-0.2, -0.15) is 0 Å². The number of rotatable bonds is 5. The third kappa shape index (κ3) is 1.80. The normalized spacial score (nSPS) is 17.4. The van der Waals surface area contributed by atoms with Crippen LogP contribution in [0.3, 0.4) is 0 Å². The first-order valence-corrected chi connectivity index (χ1v) is 5.38. The minimum absolute atomic E-state index is 0.0243. The second-order valence-electron chi connectivity index (χ2n) is 4.36. The molecule has 0 atom stereocenters. The molecule has 1 heterocycles. The Morgan fingerprint density at radius 2 is 2.25 bits per heavy atom. The van der Waals surface area contributed by atoms with E-state index in [1.165, 1.54) is 0 Å². The third-order valence-electron chi connectivity index (χ3n) is 3.15. The zero-order valence-electron chi connectivity index (χ0n) is 9.18. The Morgan fingerprint density at radius 3 is 2.69 bits per heavy atom. The largest absolute Gasteiger partial charge is 0.476 e. The number of carbonyl (C=O) groups is 1. The van der Waals surface area contributed by atoms with E-state index in [4.69, 9.17) is 5.11 Å². The van der Waals surface area contributed by atoms with E-state index in [-0.39, 0.29) is 17.7 Å². The van der Waals surface area contributed by atoms with Crippen LogP contribution in [0.1, 0.15) is 35.9 Å². The first-order valence-electron chi connectivity index (χ1n) is 5.38. The fraction of sp³-hybridized carbons (Fsp3) is 0.700. The number of nitrogens with zero attached hydrogens (tertiary/aromatic N) is 3. The molecule has 88 valence electrons. The Morgan fingerprint density at radius 1 is 1.56 bits per heavy atom. The molecule has 2 rings (SSSR count). The molecule has 6 nitrogen and oxygen atoms in total. The van der Waals surface area contributed by atoms with Gasteiger partial charge in [0.25, 0.3) is 0 Å². The van der Waals surface area contributed by atoms with E-state index in [1.54, 1.807) is 4.68 Å². The second-order valence-corrected chi connectivity index (χ2v) is 4.36. The Bertz CT molecular complexity index is 409. The van der Waals surface area contributed by atoms with Gasteiger partial charge >= 0.3 is 5.97 Å². The molecule has 1 saturated carbocycles. The van der Waals surface area contributed by atoms with Gasteiger partial charge in [-0.3, -0.25) is 0 Å². The summed E-state index contributed by atoms with van der Waals surface area (Å²) in [5.41, 5.74) is 0.566. The molecular weight excluding hydrogens is 210 g/mol. The first-order chi connectivity index (χ1) is 7.62. The van der Waals surface area contributed by atoms with Gasteiger partial charge in [0, 0.05) is 5.41 Å². The maximum atomic E-state index is 10.9. The van der Waals surface area contributed by atoms with Crippen molar-refractivity contribution in [2.24, 2.45) is 5.41 Å². The maximum Gasteiger partial charge on any atom is 0.358 e. The summed E-state index contributed by atoms with van der Waals surface area (Å²) in [5.74, 6) is -1.04. The molecule has 0 radical (unpaired) electrons. The SMILES string of the molecule is CCc1c(C(=O)O)nnn1CC1(CO)CC1. The highest BCUT2D eigenvalue weighted by molar-refractivity contribution is 5.86. The van der Waals surface area contributed by atoms with Crippen molar-refractivity contribution in [1.29, 1.82) is 0 Å². The summed E-state index contributed by atoms with van der Waals surface area (Å²) < 4.78 is 1.62. The zero-order valence-corrected chi connectivity index (χ0v) is 9.18. The molecular formula is C10H15N3O3. The smallest absolute Gasteiger partial charge is 0.358 e. The molecule has 0 saturated heterocycles. The van der Waals surface area contributed by atoms with Crippen LogP contribution in [0.2, 0.25) is 0 Å². The highest BCUT2D eigenvalue weighted by Crippen LogP contribution is 2.46. The molecule has 0 bridgehead atoms. The van der Waals surface area contributed by atoms with Gasteiger partial charge in [0.05, 0.1) is 18.8 Å². The number of aromatic carboxylic acids is 1. The average molecular weight is 225 g/mol. The first kappa shape index (κ1) is 11.1. The molecule has 0 spiro atoms. The molecule has 0 aliphatic heterocycles. The number of carboxylic acids is 1. The van der Waals surface area contributed by atoms with E-state index >= 15 is 0 Å². The van der Waals surface area contributed by atoms with Crippen LogP contribution in [-0.2, 0) is 13.0 Å². The van der Waals surface area contributed by atoms with Gasteiger partial charge in [0.15, 0.2) is 5.69 Å². The summed E-state index contributed by atoms with van der Waals surface area (Å²) in [7, 11) is 0. The number of aromatic nitrogens is 3. The van der Waals surface area contributed by atoms with Crippen LogP contribution >= 0.6 is 0 Å². The Labute approximate surface area is 92.9 Å². The Balaban J connectivity index is 2.24. The quantitative estimate of drug-likeness (QED) is 0.753. The van der Waals surface area contributed by atoms with Crippen LogP contribution in [0, 0.1) is 5.41 Å². The summed E-state index contributed by atoms with van der Waals surface area (Å²) >= 11 is 0. The molecule has 6 heteroatoms. The summed E-state index contributed by atoms with van der Waals surface area (Å²) in [4.78, 5) is 10.9. The highest BCUT2D eigenvalue weighted by atomic mass is 16.4. The molecule has 16 heavy (non-hydrogen) atoms. The van der Waals surface area contributed by atoms with Crippen LogP contribution in [-0.4, -0.2) is 37.8 Å². The fourth-order valence-corrected chi connectivity index (χ4v) is 1.84. The lowest BCUT2D eigenvalue weighted by atomic mass is 10.1. The molecule has 1 aromatic heterocycles. The molecule has 0 amide bonds. The minimum atomic E-state index is -1.04. The Kier molecular flexibility index (Phi) is 2.67. The topological polar surface area (TPSA) is 88.2 Å². The van der Waals surface area contributed by atoms with E-state index in [9.17, 15) is 9.90 Å². The van der Waals surface area contributed by atoms with Crippen LogP contribution in [0.5, 0.6) is 0 Å². The second kappa shape index (κ2) is 3.86. The summed E-state index contributed by atoms with van der Waals surface area (Å²) in [5, 5.41) is 25.7. The van der Waals surface area contributed by atoms with E-state index < -0.39 is 5.97 Å². The number of aliphatic hydroxyl groups excluding tert-OH is 1. The summed E-state index contributed by atoms with van der Waals surface area (Å²) in [6, 6.07) is 0. The van der Waals surface area contributed by atoms with E-state index in [0.717, 1.165) is 12.8 Å². The van der Waals surface area contributed by atoms with Crippen LogP contribution in [0.15, 0.2) is 0 Å². The van der Waals surface area contributed by atoms with Crippen LogP contribution in [0.25, 0.3) is 0 Å². The fourth-order valence-electron chi connectivity index (χ4n) is 1.84. The minimum Gasteiger partial charge on any atom is -0.476 e. The van der Waals surface area contributed by atoms with Gasteiger partial charge in [-0.15, -0.1) is 5.10 Å². The molecule has 2 N–H and O–H groups in total. The molecule has 0 aromatic carbocycles. The molecule has 1 fully saturated rings. The monoisotopic (exact) mass is 225 g/mol. The number of aliphatic hydroxyl groups is 1. The number of hydrogen-bond acceptors (Lipinski definition) is 4. The van der Waals surface area contributed by atoms with E-state index in [1.807, 2.05) is 6.92 Å². The number of hydrogen-bond donors (Lipinski definition) is 2. The summed E-state index contributed by atoms with van der Waals surface area (Å²) in [6.45, 7) is 2.56. The molecule has 0 unspecified atom stereocenters. The standard InChI is InChI=1S/C10H15N3O3/c1-2-7-8(9(15)16)11-12-13(7)5-10(6-14)3-4-10/h14H,2-6H2,1H3,(H,15,16). The number of carboxylic acid groups (broad SMARTS) is 1. The van der Waals surface area contributed by atoms with Crippen molar-refractivity contribution in [3.05, 3.63) is 11.4 Å². The van der Waals surface area contributed by atoms with Crippen molar-refractivity contribution in [1.82, 2.24) is 15.0 Å². The van der Waals surface area contributed by atoms with Crippen molar-refractivity contribution in [2.45, 2.75) is 32.7 Å². The molecule has 1 aliphatic rings. The third-order valence-corrected chi connectivity index (χ3v) is 3.15. The van der Waals surface area contributed by atoms with Crippen molar-refractivity contribution >= 4 is 5.97 Å². The van der Waals surface area contributed by atoms with Crippen LogP contribution in [0.4, 0.5) is 0 Å². The van der Waals surface area contributed by atoms with Gasteiger partial charge in [-0.25, -0.2) is 9.48 Å². The lowest BCUT2D eigenvalue weighted by Crippen LogP contribution is -2.19. The maximum absolute atomic E-state index is 10.9. The lowest BCUT2D eigenvalue weighted by Gasteiger charge is -2.12. The van der Waals surface area contributed by atoms with Gasteiger partial charge in [-0.05, 0) is 19.3 Å². The lowest BCUT2D eigenvalue weighted by molar-refractivity contribution is 0.0689. The van der Waals surface area contributed by atoms with Crippen molar-refractivity contribution in [3.8, 4) is 0 Å². The average Bonchev–Trinajstić information content (AvgIpc) is 2.91.